The highest BCUT2D eigenvalue weighted by atomic mass is 32.1. The normalized spacial score (nSPS) is 13.1. The molecule has 1 aliphatic heterocycles. The van der Waals surface area contributed by atoms with Gasteiger partial charge < -0.3 is 14.4 Å². The van der Waals surface area contributed by atoms with Gasteiger partial charge in [0.05, 0.1) is 10.2 Å². The van der Waals surface area contributed by atoms with Gasteiger partial charge in [-0.15, -0.1) is 0 Å². The van der Waals surface area contributed by atoms with Gasteiger partial charge in [0.25, 0.3) is 5.91 Å². The number of thiazole rings is 1. The summed E-state index contributed by atoms with van der Waals surface area (Å²) in [5.41, 5.74) is 3.80. The number of carbonyl (C=O) groups excluding carboxylic acids is 1. The van der Waals surface area contributed by atoms with Gasteiger partial charge in [0.2, 0.25) is 0 Å². The van der Waals surface area contributed by atoms with E-state index in [0.29, 0.717) is 36.2 Å². The van der Waals surface area contributed by atoms with E-state index in [1.54, 1.807) is 0 Å². The summed E-state index contributed by atoms with van der Waals surface area (Å²) in [6.45, 7) is 12.7. The standard InChI is InChI=1S/C24H29N3O3S/c1-5-26(6-2)9-10-27(23(28)18-8-7-16(3)17(4)13-18)24-25-19-14-20-21(15-22(19)31-24)30-12-11-29-20/h7-8,13-15H,5-6,9-12H2,1-4H3. The van der Waals surface area contributed by atoms with E-state index >= 15 is 0 Å². The molecule has 2 aromatic carbocycles. The summed E-state index contributed by atoms with van der Waals surface area (Å²) in [5.74, 6) is 1.43. The number of aryl methyl sites for hydroxylation is 2. The Morgan fingerprint density at radius 1 is 1.00 bits per heavy atom. The molecule has 1 aromatic heterocycles. The molecule has 1 aliphatic rings. The first-order chi connectivity index (χ1) is 15.0. The average Bonchev–Trinajstić information content (AvgIpc) is 3.19. The van der Waals surface area contributed by atoms with Crippen molar-refractivity contribution < 1.29 is 14.3 Å². The second-order valence-electron chi connectivity index (χ2n) is 7.74. The number of amides is 1. The fraction of sp³-hybridized carbons (Fsp3) is 0.417. The van der Waals surface area contributed by atoms with Crippen LogP contribution < -0.4 is 14.4 Å². The van der Waals surface area contributed by atoms with Crippen LogP contribution in [-0.4, -0.2) is 55.2 Å². The molecule has 0 saturated heterocycles. The largest absolute Gasteiger partial charge is 0.486 e. The molecule has 0 saturated carbocycles. The molecule has 3 aromatic rings. The van der Waals surface area contributed by atoms with E-state index in [2.05, 4.69) is 25.7 Å². The third kappa shape index (κ3) is 4.52. The first-order valence-corrected chi connectivity index (χ1v) is 11.6. The fourth-order valence-corrected chi connectivity index (χ4v) is 4.66. The third-order valence-electron chi connectivity index (χ3n) is 5.81. The maximum absolute atomic E-state index is 13.6. The smallest absolute Gasteiger partial charge is 0.260 e. The van der Waals surface area contributed by atoms with Crippen LogP contribution in [0.25, 0.3) is 10.2 Å². The molecule has 0 fully saturated rings. The van der Waals surface area contributed by atoms with Crippen LogP contribution in [0.4, 0.5) is 5.13 Å². The Morgan fingerprint density at radius 3 is 2.39 bits per heavy atom. The number of nitrogens with zero attached hydrogens (tertiary/aromatic N) is 3. The summed E-state index contributed by atoms with van der Waals surface area (Å²) >= 11 is 1.52. The minimum absolute atomic E-state index is 0.0217. The zero-order valence-electron chi connectivity index (χ0n) is 18.6. The molecular weight excluding hydrogens is 410 g/mol. The molecule has 31 heavy (non-hydrogen) atoms. The Kier molecular flexibility index (Phi) is 6.43. The first-order valence-electron chi connectivity index (χ1n) is 10.8. The van der Waals surface area contributed by atoms with Crippen LogP contribution in [0.1, 0.15) is 35.3 Å². The maximum atomic E-state index is 13.6. The highest BCUT2D eigenvalue weighted by molar-refractivity contribution is 7.22. The van der Waals surface area contributed by atoms with E-state index in [1.165, 1.54) is 16.9 Å². The molecule has 0 bridgehead atoms. The van der Waals surface area contributed by atoms with Crippen LogP contribution in [0, 0.1) is 13.8 Å². The van der Waals surface area contributed by atoms with Gasteiger partial charge in [0.15, 0.2) is 16.6 Å². The van der Waals surface area contributed by atoms with Gasteiger partial charge in [-0.2, -0.15) is 0 Å². The molecule has 0 atom stereocenters. The lowest BCUT2D eigenvalue weighted by Crippen LogP contribution is -2.38. The molecule has 7 heteroatoms. The summed E-state index contributed by atoms with van der Waals surface area (Å²) in [5, 5.41) is 0.702. The summed E-state index contributed by atoms with van der Waals surface area (Å²) in [6, 6.07) is 9.76. The molecular formula is C24H29N3O3S. The van der Waals surface area contributed by atoms with Gasteiger partial charge in [-0.05, 0) is 50.2 Å². The Morgan fingerprint density at radius 2 is 1.71 bits per heavy atom. The van der Waals surface area contributed by atoms with Gasteiger partial charge in [-0.3, -0.25) is 9.69 Å². The molecule has 0 unspecified atom stereocenters. The van der Waals surface area contributed by atoms with Crippen molar-refractivity contribution in [2.75, 3.05) is 44.3 Å². The van der Waals surface area contributed by atoms with Crippen molar-refractivity contribution in [1.29, 1.82) is 0 Å². The number of benzene rings is 2. The van der Waals surface area contributed by atoms with Crippen LogP contribution in [0.3, 0.4) is 0 Å². The van der Waals surface area contributed by atoms with Gasteiger partial charge >= 0.3 is 0 Å². The molecule has 0 radical (unpaired) electrons. The van der Waals surface area contributed by atoms with Crippen molar-refractivity contribution in [3.8, 4) is 11.5 Å². The topological polar surface area (TPSA) is 54.9 Å². The monoisotopic (exact) mass is 439 g/mol. The minimum Gasteiger partial charge on any atom is -0.486 e. The van der Waals surface area contributed by atoms with Crippen molar-refractivity contribution in [1.82, 2.24) is 9.88 Å². The lowest BCUT2D eigenvalue weighted by atomic mass is 10.1. The molecule has 164 valence electrons. The van der Waals surface area contributed by atoms with E-state index in [-0.39, 0.29) is 5.91 Å². The Hall–Kier alpha value is -2.64. The third-order valence-corrected chi connectivity index (χ3v) is 6.85. The average molecular weight is 440 g/mol. The van der Waals surface area contributed by atoms with E-state index in [0.717, 1.165) is 41.2 Å². The quantitative estimate of drug-likeness (QED) is 0.535. The number of likely N-dealkylation sites (N-methyl/N-ethyl adjacent to an activating group) is 1. The lowest BCUT2D eigenvalue weighted by molar-refractivity contribution is 0.0983. The minimum atomic E-state index is -0.0217. The number of hydrogen-bond donors (Lipinski definition) is 0. The van der Waals surface area contributed by atoms with E-state index in [4.69, 9.17) is 14.5 Å². The van der Waals surface area contributed by atoms with Crippen molar-refractivity contribution in [2.45, 2.75) is 27.7 Å². The van der Waals surface area contributed by atoms with Crippen molar-refractivity contribution in [3.05, 3.63) is 47.0 Å². The highest BCUT2D eigenvalue weighted by Gasteiger charge is 2.23. The Labute approximate surface area is 187 Å². The lowest BCUT2D eigenvalue weighted by Gasteiger charge is -2.25. The van der Waals surface area contributed by atoms with E-state index in [1.807, 2.05) is 42.2 Å². The maximum Gasteiger partial charge on any atom is 0.260 e. The molecule has 0 aliphatic carbocycles. The van der Waals surface area contributed by atoms with Crippen LogP contribution in [0.5, 0.6) is 11.5 Å². The second kappa shape index (κ2) is 9.24. The van der Waals surface area contributed by atoms with Crippen LogP contribution in [0.15, 0.2) is 30.3 Å². The van der Waals surface area contributed by atoms with E-state index in [9.17, 15) is 4.79 Å². The second-order valence-corrected chi connectivity index (χ2v) is 8.75. The number of anilines is 1. The van der Waals surface area contributed by atoms with Gasteiger partial charge in [-0.1, -0.05) is 31.3 Å². The number of carbonyl (C=O) groups is 1. The van der Waals surface area contributed by atoms with Crippen LogP contribution >= 0.6 is 11.3 Å². The van der Waals surface area contributed by atoms with Gasteiger partial charge in [0, 0.05) is 30.8 Å². The molecule has 2 heterocycles. The number of hydrogen-bond acceptors (Lipinski definition) is 6. The predicted octanol–water partition coefficient (Wildman–Crippen LogP) is 4.67. The summed E-state index contributed by atoms with van der Waals surface area (Å²) in [6.07, 6.45) is 0. The number of fused-ring (bicyclic) bond motifs is 2. The van der Waals surface area contributed by atoms with Gasteiger partial charge in [-0.25, -0.2) is 4.98 Å². The number of rotatable bonds is 7. The number of aromatic nitrogens is 1. The zero-order valence-corrected chi connectivity index (χ0v) is 19.4. The molecule has 6 nitrogen and oxygen atoms in total. The Bertz CT molecular complexity index is 1050. The SMILES string of the molecule is CCN(CC)CCN(C(=O)c1ccc(C)c(C)c1)c1nc2cc3c(cc2s1)OCCO3. The van der Waals surface area contributed by atoms with Gasteiger partial charge in [0.1, 0.15) is 13.2 Å². The summed E-state index contributed by atoms with van der Waals surface area (Å²) in [7, 11) is 0. The highest BCUT2D eigenvalue weighted by Crippen LogP contribution is 2.39. The van der Waals surface area contributed by atoms with Crippen LogP contribution in [-0.2, 0) is 0 Å². The van der Waals surface area contributed by atoms with Crippen LogP contribution in [0.2, 0.25) is 0 Å². The fourth-order valence-electron chi connectivity index (χ4n) is 3.66. The molecule has 0 N–H and O–H groups in total. The predicted molar refractivity (Wildman–Crippen MR) is 126 cm³/mol. The Balaban J connectivity index is 1.70. The summed E-state index contributed by atoms with van der Waals surface area (Å²) < 4.78 is 12.4. The van der Waals surface area contributed by atoms with E-state index < -0.39 is 0 Å². The number of ether oxygens (including phenoxy) is 2. The zero-order chi connectivity index (χ0) is 22.0. The molecule has 1 amide bonds. The molecule has 4 rings (SSSR count). The van der Waals surface area contributed by atoms with Crippen molar-refractivity contribution in [3.63, 3.8) is 0 Å². The molecule has 0 spiro atoms. The van der Waals surface area contributed by atoms with Crippen molar-refractivity contribution in [2.24, 2.45) is 0 Å². The first kappa shape index (κ1) is 21.6. The summed E-state index contributed by atoms with van der Waals surface area (Å²) in [4.78, 5) is 22.5. The van der Waals surface area contributed by atoms with Crippen molar-refractivity contribution >= 4 is 32.6 Å².